The van der Waals surface area contributed by atoms with Crippen LogP contribution in [0.3, 0.4) is 0 Å². The number of aromatic nitrogens is 3. The van der Waals surface area contributed by atoms with Crippen molar-refractivity contribution in [2.24, 2.45) is 0 Å². The molecule has 0 atom stereocenters. The molecule has 3 N–H and O–H groups in total. The summed E-state index contributed by atoms with van der Waals surface area (Å²) in [6, 6.07) is 0.230. The summed E-state index contributed by atoms with van der Waals surface area (Å²) < 4.78 is 5.00. The molecule has 0 saturated carbocycles. The molecule has 0 saturated heterocycles. The molecule has 8 heteroatoms. The summed E-state index contributed by atoms with van der Waals surface area (Å²) in [6.07, 6.45) is 1.29. The number of rotatable bonds is 9. The Labute approximate surface area is 118 Å². The lowest BCUT2D eigenvalue weighted by Gasteiger charge is -2.08. The fraction of sp³-hybridized carbons (Fsp3) is 0.667. The zero-order valence-corrected chi connectivity index (χ0v) is 12.2. The van der Waals surface area contributed by atoms with Crippen molar-refractivity contribution in [1.82, 2.24) is 20.3 Å². The summed E-state index contributed by atoms with van der Waals surface area (Å²) in [7, 11) is 1.49. The summed E-state index contributed by atoms with van der Waals surface area (Å²) >= 11 is 0. The first-order valence-electron chi connectivity index (χ1n) is 6.74. The van der Waals surface area contributed by atoms with Gasteiger partial charge in [-0.2, -0.15) is 15.0 Å². The van der Waals surface area contributed by atoms with Crippen molar-refractivity contribution in [1.29, 1.82) is 0 Å². The van der Waals surface area contributed by atoms with Crippen molar-refractivity contribution in [3.63, 3.8) is 0 Å². The maximum absolute atomic E-state index is 11.4. The molecule has 0 radical (unpaired) electrons. The van der Waals surface area contributed by atoms with Gasteiger partial charge in [-0.15, -0.1) is 0 Å². The molecular formula is C12H22N6O2. The third-order valence-corrected chi connectivity index (χ3v) is 2.34. The summed E-state index contributed by atoms with van der Waals surface area (Å²) in [4.78, 5) is 23.7. The third-order valence-electron chi connectivity index (χ3n) is 2.34. The Bertz CT molecular complexity index is 426. The van der Waals surface area contributed by atoms with Crippen molar-refractivity contribution < 1.29 is 9.53 Å². The van der Waals surface area contributed by atoms with Crippen LogP contribution in [0.5, 0.6) is 6.01 Å². The number of ether oxygens (including phenoxy) is 1. The van der Waals surface area contributed by atoms with Crippen molar-refractivity contribution >= 4 is 17.8 Å². The maximum Gasteiger partial charge on any atom is 0.322 e. The number of anilines is 2. The number of nitrogens with one attached hydrogen (secondary N) is 3. The quantitative estimate of drug-likeness (QED) is 0.611. The van der Waals surface area contributed by atoms with E-state index in [0.717, 1.165) is 6.42 Å². The van der Waals surface area contributed by atoms with E-state index in [1.165, 1.54) is 7.11 Å². The molecular weight excluding hydrogens is 260 g/mol. The zero-order chi connectivity index (χ0) is 14.8. The highest BCUT2D eigenvalue weighted by Gasteiger charge is 2.06. The van der Waals surface area contributed by atoms with Gasteiger partial charge >= 0.3 is 6.01 Å². The van der Waals surface area contributed by atoms with Crippen molar-refractivity contribution in [2.45, 2.75) is 26.7 Å². The smallest absolute Gasteiger partial charge is 0.322 e. The van der Waals surface area contributed by atoms with Gasteiger partial charge in [0.15, 0.2) is 0 Å². The molecule has 0 aliphatic rings. The molecule has 1 aromatic heterocycles. The van der Waals surface area contributed by atoms with E-state index in [1.807, 2.05) is 13.8 Å². The highest BCUT2D eigenvalue weighted by Crippen LogP contribution is 2.10. The summed E-state index contributed by atoms with van der Waals surface area (Å²) in [5.41, 5.74) is 0. The molecule has 0 unspecified atom stereocenters. The Morgan fingerprint density at radius 2 is 1.80 bits per heavy atom. The van der Waals surface area contributed by atoms with Gasteiger partial charge in [-0.05, 0) is 13.3 Å². The van der Waals surface area contributed by atoms with E-state index in [-0.39, 0.29) is 11.9 Å². The van der Waals surface area contributed by atoms with Gasteiger partial charge in [0.1, 0.15) is 0 Å². The van der Waals surface area contributed by atoms with Crippen LogP contribution >= 0.6 is 0 Å². The van der Waals surface area contributed by atoms with E-state index < -0.39 is 0 Å². The molecule has 0 fully saturated rings. The molecule has 0 spiro atoms. The van der Waals surface area contributed by atoms with Gasteiger partial charge in [-0.3, -0.25) is 4.79 Å². The molecule has 1 heterocycles. The fourth-order valence-electron chi connectivity index (χ4n) is 1.40. The molecule has 20 heavy (non-hydrogen) atoms. The SMILES string of the molecule is CCCNC(=O)CCNc1nc(NCC)nc(OC)n1. The molecule has 112 valence electrons. The molecule has 1 amide bonds. The molecule has 0 bridgehead atoms. The third kappa shape index (κ3) is 5.68. The van der Waals surface area contributed by atoms with Gasteiger partial charge in [0, 0.05) is 26.1 Å². The van der Waals surface area contributed by atoms with E-state index >= 15 is 0 Å². The first kappa shape index (κ1) is 15.9. The molecule has 1 rings (SSSR count). The van der Waals surface area contributed by atoms with Crippen LogP contribution in [0.4, 0.5) is 11.9 Å². The number of hydrogen-bond donors (Lipinski definition) is 3. The predicted molar refractivity (Wildman–Crippen MR) is 77.0 cm³/mol. The van der Waals surface area contributed by atoms with Crippen LogP contribution < -0.4 is 20.7 Å². The standard InChI is InChI=1S/C12H22N6O2/c1-4-7-14-9(19)6-8-15-11-16-10(13-5-2)17-12(18-11)20-3/h4-8H2,1-3H3,(H,14,19)(H2,13,15,16,17,18). The van der Waals surface area contributed by atoms with Gasteiger partial charge in [-0.1, -0.05) is 6.92 Å². The van der Waals surface area contributed by atoms with Crippen LogP contribution in [0.1, 0.15) is 26.7 Å². The number of hydrogen-bond acceptors (Lipinski definition) is 7. The minimum Gasteiger partial charge on any atom is -0.467 e. The normalized spacial score (nSPS) is 9.95. The minimum atomic E-state index is 0.00674. The number of amides is 1. The summed E-state index contributed by atoms with van der Waals surface area (Å²) in [6.45, 7) is 5.81. The topological polar surface area (TPSA) is 101 Å². The van der Waals surface area contributed by atoms with E-state index in [4.69, 9.17) is 4.74 Å². The van der Waals surface area contributed by atoms with Crippen molar-refractivity contribution in [3.8, 4) is 6.01 Å². The molecule has 1 aromatic rings. The van der Waals surface area contributed by atoms with Gasteiger partial charge in [0.05, 0.1) is 7.11 Å². The second kappa shape index (κ2) is 8.89. The van der Waals surface area contributed by atoms with Crippen LogP contribution in [0.15, 0.2) is 0 Å². The Morgan fingerprint density at radius 3 is 2.40 bits per heavy atom. The second-order valence-electron chi connectivity index (χ2n) is 4.03. The first-order chi connectivity index (χ1) is 9.69. The monoisotopic (exact) mass is 282 g/mol. The van der Waals surface area contributed by atoms with Crippen LogP contribution in [-0.2, 0) is 4.79 Å². The highest BCUT2D eigenvalue weighted by atomic mass is 16.5. The van der Waals surface area contributed by atoms with E-state index in [2.05, 4.69) is 30.9 Å². The average molecular weight is 282 g/mol. The van der Waals surface area contributed by atoms with Gasteiger partial charge in [-0.25, -0.2) is 0 Å². The lowest BCUT2D eigenvalue weighted by atomic mass is 10.4. The summed E-state index contributed by atoms with van der Waals surface area (Å²) in [5, 5.41) is 8.77. The Hall–Kier alpha value is -2.12. The minimum absolute atomic E-state index is 0.00674. The second-order valence-corrected chi connectivity index (χ2v) is 4.03. The predicted octanol–water partition coefficient (Wildman–Crippen LogP) is 0.640. The number of carbonyl (C=O) groups is 1. The van der Waals surface area contributed by atoms with E-state index in [1.54, 1.807) is 0 Å². The number of methoxy groups -OCH3 is 1. The van der Waals surface area contributed by atoms with Crippen molar-refractivity contribution in [2.75, 3.05) is 37.4 Å². The van der Waals surface area contributed by atoms with Crippen LogP contribution in [0.25, 0.3) is 0 Å². The largest absolute Gasteiger partial charge is 0.467 e. The Kier molecular flexibility index (Phi) is 7.08. The molecule has 0 aromatic carbocycles. The Balaban J connectivity index is 2.50. The van der Waals surface area contributed by atoms with Crippen molar-refractivity contribution in [3.05, 3.63) is 0 Å². The molecule has 0 aliphatic carbocycles. The molecule has 8 nitrogen and oxygen atoms in total. The highest BCUT2D eigenvalue weighted by molar-refractivity contribution is 5.76. The van der Waals surface area contributed by atoms with Gasteiger partial charge < -0.3 is 20.7 Å². The maximum atomic E-state index is 11.4. The fourth-order valence-corrected chi connectivity index (χ4v) is 1.40. The first-order valence-corrected chi connectivity index (χ1v) is 6.74. The van der Waals surface area contributed by atoms with Crippen LogP contribution in [0, 0.1) is 0 Å². The number of nitrogens with zero attached hydrogens (tertiary/aromatic N) is 3. The van der Waals surface area contributed by atoms with Crippen LogP contribution in [0.2, 0.25) is 0 Å². The average Bonchev–Trinajstić information content (AvgIpc) is 2.45. The summed E-state index contributed by atoms with van der Waals surface area (Å²) in [5.74, 6) is 0.834. The van der Waals surface area contributed by atoms with Gasteiger partial charge in [0.25, 0.3) is 0 Å². The number of carbonyl (C=O) groups excluding carboxylic acids is 1. The molecule has 0 aliphatic heterocycles. The van der Waals surface area contributed by atoms with Gasteiger partial charge in [0.2, 0.25) is 17.8 Å². The van der Waals surface area contributed by atoms with E-state index in [9.17, 15) is 4.79 Å². The van der Waals surface area contributed by atoms with Crippen LogP contribution in [-0.4, -0.2) is 47.6 Å². The lowest BCUT2D eigenvalue weighted by molar-refractivity contribution is -0.120. The van der Waals surface area contributed by atoms with E-state index in [0.29, 0.717) is 38.0 Å². The Morgan fingerprint density at radius 1 is 1.10 bits per heavy atom. The lowest BCUT2D eigenvalue weighted by Crippen LogP contribution is -2.26. The zero-order valence-electron chi connectivity index (χ0n) is 12.2.